The van der Waals surface area contributed by atoms with Crippen molar-refractivity contribution in [3.8, 4) is 0 Å². The van der Waals surface area contributed by atoms with Gasteiger partial charge in [-0.1, -0.05) is 0 Å². The Hall–Kier alpha value is -0.0800. The molecule has 0 saturated carbocycles. The highest BCUT2D eigenvalue weighted by molar-refractivity contribution is 4.77. The van der Waals surface area contributed by atoms with Crippen LogP contribution >= 0.6 is 0 Å². The number of rotatable bonds is 2. The van der Waals surface area contributed by atoms with Crippen LogP contribution in [0.2, 0.25) is 0 Å². The Morgan fingerprint density at radius 1 is 1.67 bits per heavy atom. The van der Waals surface area contributed by atoms with Gasteiger partial charge in [0.15, 0.2) is 0 Å². The fraction of sp³-hybridized carbons (Fsp3) is 1.00. The Labute approximate surface area is 56.3 Å². The van der Waals surface area contributed by atoms with Gasteiger partial charge in [0.2, 0.25) is 0 Å². The molecule has 1 saturated heterocycles. The van der Waals surface area contributed by atoms with E-state index >= 15 is 0 Å². The Balaban J connectivity index is 2.14. The molecule has 1 aliphatic rings. The van der Waals surface area contributed by atoms with Crippen molar-refractivity contribution >= 4 is 0 Å². The predicted molar refractivity (Wildman–Crippen MR) is 36.3 cm³/mol. The zero-order chi connectivity index (χ0) is 6.69. The molecule has 0 amide bonds. The van der Waals surface area contributed by atoms with Crippen molar-refractivity contribution in [2.45, 2.75) is 25.8 Å². The van der Waals surface area contributed by atoms with Gasteiger partial charge < -0.3 is 5.11 Å². The standard InChI is InChI=1S/C7H14NO/c1-6-4-7(2-3-9)5-8-6/h6-7,9H,2-5H2,1H3. The van der Waals surface area contributed by atoms with E-state index in [-0.39, 0.29) is 0 Å². The molecule has 2 heteroatoms. The minimum Gasteiger partial charge on any atom is -0.396 e. The van der Waals surface area contributed by atoms with E-state index in [0.717, 1.165) is 13.0 Å². The van der Waals surface area contributed by atoms with Crippen LogP contribution in [0.3, 0.4) is 0 Å². The normalized spacial score (nSPS) is 35.3. The molecule has 2 atom stereocenters. The lowest BCUT2D eigenvalue weighted by molar-refractivity contribution is 0.261. The van der Waals surface area contributed by atoms with E-state index in [4.69, 9.17) is 5.11 Å². The van der Waals surface area contributed by atoms with Gasteiger partial charge in [-0.15, -0.1) is 0 Å². The SMILES string of the molecule is CC1CC(CCO)C[N]1. The highest BCUT2D eigenvalue weighted by Crippen LogP contribution is 2.17. The first-order valence-corrected chi connectivity index (χ1v) is 3.60. The predicted octanol–water partition coefficient (Wildman–Crippen LogP) is 0.382. The summed E-state index contributed by atoms with van der Waals surface area (Å²) in [5, 5.41) is 12.9. The van der Waals surface area contributed by atoms with Crippen LogP contribution in [0.15, 0.2) is 0 Å². The van der Waals surface area contributed by atoms with Crippen molar-refractivity contribution in [2.75, 3.05) is 13.2 Å². The van der Waals surface area contributed by atoms with E-state index < -0.39 is 0 Å². The van der Waals surface area contributed by atoms with Gasteiger partial charge in [0, 0.05) is 19.2 Å². The van der Waals surface area contributed by atoms with Gasteiger partial charge in [0.05, 0.1) is 0 Å². The van der Waals surface area contributed by atoms with Crippen LogP contribution in [0.5, 0.6) is 0 Å². The van der Waals surface area contributed by atoms with Gasteiger partial charge in [0.1, 0.15) is 0 Å². The molecule has 1 rings (SSSR count). The second-order valence-corrected chi connectivity index (χ2v) is 2.83. The maximum absolute atomic E-state index is 8.57. The first-order valence-electron chi connectivity index (χ1n) is 3.60. The van der Waals surface area contributed by atoms with Crippen LogP contribution in [0.1, 0.15) is 19.8 Å². The van der Waals surface area contributed by atoms with Crippen molar-refractivity contribution in [1.82, 2.24) is 5.32 Å². The summed E-state index contributed by atoms with van der Waals surface area (Å²) in [5.74, 6) is 0.671. The summed E-state index contributed by atoms with van der Waals surface area (Å²) in [6, 6.07) is 0.543. The number of aliphatic hydroxyl groups is 1. The molecule has 2 nitrogen and oxygen atoms in total. The van der Waals surface area contributed by atoms with E-state index in [0.29, 0.717) is 18.6 Å². The fourth-order valence-electron chi connectivity index (χ4n) is 1.35. The number of nitrogens with zero attached hydrogens (tertiary/aromatic N) is 1. The lowest BCUT2D eigenvalue weighted by atomic mass is 10.0. The Morgan fingerprint density at radius 3 is 2.89 bits per heavy atom. The van der Waals surface area contributed by atoms with E-state index in [9.17, 15) is 0 Å². The minimum absolute atomic E-state index is 0.326. The zero-order valence-corrected chi connectivity index (χ0v) is 5.88. The molecule has 1 heterocycles. The van der Waals surface area contributed by atoms with Crippen LogP contribution in [-0.4, -0.2) is 24.3 Å². The second-order valence-electron chi connectivity index (χ2n) is 2.83. The Morgan fingerprint density at radius 2 is 2.44 bits per heavy atom. The van der Waals surface area contributed by atoms with E-state index in [1.807, 2.05) is 0 Å². The molecule has 1 radical (unpaired) electrons. The maximum Gasteiger partial charge on any atom is 0.0434 e. The Kier molecular flexibility index (Phi) is 2.49. The third-order valence-corrected chi connectivity index (χ3v) is 1.89. The van der Waals surface area contributed by atoms with Crippen molar-refractivity contribution < 1.29 is 5.11 Å². The van der Waals surface area contributed by atoms with Crippen molar-refractivity contribution in [2.24, 2.45) is 5.92 Å². The molecule has 1 aliphatic heterocycles. The van der Waals surface area contributed by atoms with Crippen molar-refractivity contribution in [1.29, 1.82) is 0 Å². The molecular weight excluding hydrogens is 114 g/mol. The van der Waals surface area contributed by atoms with Gasteiger partial charge in [-0.2, -0.15) is 0 Å². The van der Waals surface area contributed by atoms with Gasteiger partial charge >= 0.3 is 0 Å². The molecule has 9 heavy (non-hydrogen) atoms. The summed E-state index contributed by atoms with van der Waals surface area (Å²) in [6.07, 6.45) is 2.12. The summed E-state index contributed by atoms with van der Waals surface area (Å²) < 4.78 is 0. The van der Waals surface area contributed by atoms with Crippen molar-refractivity contribution in [3.05, 3.63) is 0 Å². The highest BCUT2D eigenvalue weighted by Gasteiger charge is 2.20. The number of aliphatic hydroxyl groups excluding tert-OH is 1. The molecule has 0 aromatic rings. The van der Waals surface area contributed by atoms with Crippen molar-refractivity contribution in [3.63, 3.8) is 0 Å². The average molecular weight is 128 g/mol. The maximum atomic E-state index is 8.57. The monoisotopic (exact) mass is 128 g/mol. The molecule has 0 spiro atoms. The molecule has 0 bridgehead atoms. The molecule has 0 aliphatic carbocycles. The van der Waals surface area contributed by atoms with Gasteiger partial charge in [-0.3, -0.25) is 0 Å². The molecule has 0 aromatic heterocycles. The van der Waals surface area contributed by atoms with Crippen LogP contribution in [-0.2, 0) is 0 Å². The largest absolute Gasteiger partial charge is 0.396 e. The topological polar surface area (TPSA) is 34.3 Å². The second kappa shape index (κ2) is 3.18. The zero-order valence-electron chi connectivity index (χ0n) is 5.88. The molecular formula is C7H14NO. The van der Waals surface area contributed by atoms with Crippen LogP contribution in [0.4, 0.5) is 0 Å². The molecule has 0 aromatic carbocycles. The Bertz CT molecular complexity index is 83.0. The summed E-state index contributed by atoms with van der Waals surface area (Å²) in [5.41, 5.74) is 0. The summed E-state index contributed by atoms with van der Waals surface area (Å²) in [7, 11) is 0. The average Bonchev–Trinajstić information content (AvgIpc) is 2.17. The first-order chi connectivity index (χ1) is 4.33. The van der Waals surface area contributed by atoms with Crippen LogP contribution < -0.4 is 5.32 Å². The molecule has 1 fully saturated rings. The molecule has 1 N–H and O–H groups in total. The van der Waals surface area contributed by atoms with Gasteiger partial charge in [-0.05, 0) is 25.7 Å². The third-order valence-electron chi connectivity index (χ3n) is 1.89. The molecule has 2 unspecified atom stereocenters. The summed E-state index contributed by atoms with van der Waals surface area (Å²) >= 11 is 0. The fourth-order valence-corrected chi connectivity index (χ4v) is 1.35. The molecule has 53 valence electrons. The number of hydrogen-bond acceptors (Lipinski definition) is 1. The number of hydrogen-bond donors (Lipinski definition) is 1. The summed E-state index contributed by atoms with van der Waals surface area (Å²) in [4.78, 5) is 0. The van der Waals surface area contributed by atoms with E-state index in [1.54, 1.807) is 0 Å². The van der Waals surface area contributed by atoms with Crippen LogP contribution in [0.25, 0.3) is 0 Å². The lowest BCUT2D eigenvalue weighted by Gasteiger charge is -2.02. The van der Waals surface area contributed by atoms with Crippen LogP contribution in [0, 0.1) is 5.92 Å². The third kappa shape index (κ3) is 1.95. The van der Waals surface area contributed by atoms with E-state index in [1.165, 1.54) is 6.42 Å². The van der Waals surface area contributed by atoms with E-state index in [2.05, 4.69) is 12.2 Å². The lowest BCUT2D eigenvalue weighted by Crippen LogP contribution is -2.07. The quantitative estimate of drug-likeness (QED) is 0.573. The highest BCUT2D eigenvalue weighted by atomic mass is 16.3. The smallest absolute Gasteiger partial charge is 0.0434 e. The minimum atomic E-state index is 0.326. The van der Waals surface area contributed by atoms with Gasteiger partial charge in [-0.25, -0.2) is 5.32 Å². The first kappa shape index (κ1) is 7.03. The summed E-state index contributed by atoms with van der Waals surface area (Å²) in [6.45, 7) is 3.44. The van der Waals surface area contributed by atoms with Gasteiger partial charge in [0.25, 0.3) is 0 Å².